The van der Waals surface area contributed by atoms with Crippen LogP contribution in [-0.4, -0.2) is 43.0 Å². The van der Waals surface area contributed by atoms with Gasteiger partial charge in [0.15, 0.2) is 0 Å². The Hall–Kier alpha value is -2.93. The number of carbonyl (C=O) groups excluding carboxylic acids is 1. The Morgan fingerprint density at radius 2 is 1.43 bits per heavy atom. The summed E-state index contributed by atoms with van der Waals surface area (Å²) in [5.74, 6) is -0.453. The molecule has 1 aliphatic rings. The fourth-order valence-electron chi connectivity index (χ4n) is 6.87. The van der Waals surface area contributed by atoms with Crippen molar-refractivity contribution in [2.24, 2.45) is 0 Å². The highest BCUT2D eigenvalue weighted by Gasteiger charge is 2.51. The van der Waals surface area contributed by atoms with Crippen molar-refractivity contribution in [1.29, 1.82) is 0 Å². The van der Waals surface area contributed by atoms with Gasteiger partial charge in [0, 0.05) is 16.0 Å². The second-order valence-corrected chi connectivity index (χ2v) is 17.9. The van der Waals surface area contributed by atoms with Crippen molar-refractivity contribution in [3.05, 3.63) is 130 Å². The predicted molar refractivity (Wildman–Crippen MR) is 184 cm³/mol. The van der Waals surface area contributed by atoms with Crippen LogP contribution in [-0.2, 0) is 9.22 Å². The molecule has 1 heterocycles. The third-order valence-corrected chi connectivity index (χ3v) is 14.5. The SMILES string of the molecule is CCC(CO[Si](c1ccccc1)(c1ccccc1)C(C)(C)C)N1C(=O)C(O)CC(c2cccc(Cl)c2)[C@H]1c1ccc(Cl)cc1. The smallest absolute Gasteiger partial charge is 0.261 e. The van der Waals surface area contributed by atoms with Crippen LogP contribution in [0.2, 0.25) is 15.1 Å². The number of piperidine rings is 1. The maximum Gasteiger partial charge on any atom is 0.261 e. The molecule has 3 unspecified atom stereocenters. The third kappa shape index (κ3) is 6.40. The fourth-order valence-corrected chi connectivity index (χ4v) is 11.8. The van der Waals surface area contributed by atoms with Crippen LogP contribution in [0.15, 0.2) is 109 Å². The molecule has 1 saturated heterocycles. The van der Waals surface area contributed by atoms with E-state index in [0.29, 0.717) is 29.5 Å². The van der Waals surface area contributed by atoms with E-state index in [-0.39, 0.29) is 28.9 Å². The first kappa shape index (κ1) is 32.5. The second-order valence-electron chi connectivity index (χ2n) is 12.7. The van der Waals surface area contributed by atoms with Crippen LogP contribution >= 0.6 is 23.2 Å². The zero-order valence-corrected chi connectivity index (χ0v) is 28.3. The lowest BCUT2D eigenvalue weighted by Gasteiger charge is -2.49. The number of benzene rings is 4. The predicted octanol–water partition coefficient (Wildman–Crippen LogP) is 7.77. The standard InChI is InChI=1S/C37H41Cl2NO3Si/c1-5-30(25-43-44(37(2,3)4,31-15-8-6-9-16-31)32-17-10-7-11-18-32)40-35(26-19-21-28(38)22-20-26)33(24-34(41)36(40)42)27-13-12-14-29(39)23-27/h6-23,30,33-35,41H,5,24-25H2,1-4H3/t30?,33?,34?,35-/m1/s1. The molecule has 0 radical (unpaired) electrons. The average molecular weight is 647 g/mol. The van der Waals surface area contributed by atoms with E-state index in [2.05, 4.69) is 76.2 Å². The minimum Gasteiger partial charge on any atom is -0.405 e. The van der Waals surface area contributed by atoms with Gasteiger partial charge in [-0.15, -0.1) is 0 Å². The molecule has 4 atom stereocenters. The van der Waals surface area contributed by atoms with Gasteiger partial charge in [-0.2, -0.15) is 0 Å². The Balaban J connectivity index is 1.61. The quantitative estimate of drug-likeness (QED) is 0.189. The molecule has 0 saturated carbocycles. The zero-order chi connectivity index (χ0) is 31.5. The molecular weight excluding hydrogens is 605 g/mol. The molecule has 1 fully saturated rings. The van der Waals surface area contributed by atoms with Crippen LogP contribution in [0.5, 0.6) is 0 Å². The molecule has 0 aromatic heterocycles. The number of hydrogen-bond donors (Lipinski definition) is 1. The van der Waals surface area contributed by atoms with Crippen LogP contribution in [0.3, 0.4) is 0 Å². The number of aliphatic hydroxyl groups is 1. The molecule has 4 aromatic rings. The summed E-state index contributed by atoms with van der Waals surface area (Å²) >= 11 is 12.8. The second kappa shape index (κ2) is 13.6. The van der Waals surface area contributed by atoms with E-state index in [4.69, 9.17) is 27.6 Å². The number of nitrogens with zero attached hydrogens (tertiary/aromatic N) is 1. The molecular formula is C37H41Cl2NO3Si. The summed E-state index contributed by atoms with van der Waals surface area (Å²) in [5, 5.41) is 14.6. The van der Waals surface area contributed by atoms with Crippen molar-refractivity contribution >= 4 is 47.8 Å². The first-order chi connectivity index (χ1) is 21.1. The molecule has 1 amide bonds. The van der Waals surface area contributed by atoms with Crippen LogP contribution in [0.4, 0.5) is 0 Å². The van der Waals surface area contributed by atoms with E-state index in [1.54, 1.807) is 0 Å². The monoisotopic (exact) mass is 645 g/mol. The summed E-state index contributed by atoms with van der Waals surface area (Å²) in [7, 11) is -2.86. The summed E-state index contributed by atoms with van der Waals surface area (Å²) in [6.07, 6.45) is -0.178. The largest absolute Gasteiger partial charge is 0.405 e. The van der Waals surface area contributed by atoms with E-state index in [1.165, 1.54) is 10.4 Å². The van der Waals surface area contributed by atoms with Gasteiger partial charge >= 0.3 is 0 Å². The molecule has 1 N–H and O–H groups in total. The summed E-state index contributed by atoms with van der Waals surface area (Å²) in [6.45, 7) is 9.17. The minimum atomic E-state index is -2.86. The Morgan fingerprint density at radius 1 is 0.841 bits per heavy atom. The van der Waals surface area contributed by atoms with Crippen molar-refractivity contribution in [1.82, 2.24) is 4.90 Å². The maximum absolute atomic E-state index is 14.1. The summed E-state index contributed by atoms with van der Waals surface area (Å²) in [5.41, 5.74) is 1.94. The Kier molecular flexibility index (Phi) is 10.0. The lowest BCUT2D eigenvalue weighted by Crippen LogP contribution is -2.67. The number of halogens is 2. The fraction of sp³-hybridized carbons (Fsp3) is 0.324. The Bertz CT molecular complexity index is 1500. The summed E-state index contributed by atoms with van der Waals surface area (Å²) in [6, 6.07) is 35.8. The van der Waals surface area contributed by atoms with Crippen molar-refractivity contribution in [3.8, 4) is 0 Å². The number of aliphatic hydroxyl groups excluding tert-OH is 1. The van der Waals surface area contributed by atoms with E-state index in [0.717, 1.165) is 11.1 Å². The molecule has 5 rings (SSSR count). The molecule has 0 bridgehead atoms. The van der Waals surface area contributed by atoms with Gasteiger partial charge in [-0.3, -0.25) is 4.79 Å². The first-order valence-corrected chi connectivity index (χ1v) is 18.0. The van der Waals surface area contributed by atoms with Crippen molar-refractivity contribution in [2.45, 2.75) is 69.7 Å². The molecule has 4 aromatic carbocycles. The van der Waals surface area contributed by atoms with Gasteiger partial charge in [0.05, 0.1) is 18.7 Å². The van der Waals surface area contributed by atoms with Crippen molar-refractivity contribution in [3.63, 3.8) is 0 Å². The minimum absolute atomic E-state index is 0.176. The summed E-state index contributed by atoms with van der Waals surface area (Å²) in [4.78, 5) is 16.0. The highest BCUT2D eigenvalue weighted by Crippen LogP contribution is 2.46. The van der Waals surface area contributed by atoms with Crippen LogP contribution in [0.25, 0.3) is 0 Å². The van der Waals surface area contributed by atoms with Gasteiger partial charge in [-0.05, 0) is 63.6 Å². The van der Waals surface area contributed by atoms with Gasteiger partial charge in [0.1, 0.15) is 6.10 Å². The summed E-state index contributed by atoms with van der Waals surface area (Å²) < 4.78 is 7.34. The van der Waals surface area contributed by atoms with Gasteiger partial charge < -0.3 is 14.4 Å². The lowest BCUT2D eigenvalue weighted by molar-refractivity contribution is -0.154. The van der Waals surface area contributed by atoms with Gasteiger partial charge in [-0.25, -0.2) is 0 Å². The van der Waals surface area contributed by atoms with Crippen molar-refractivity contribution < 1.29 is 14.3 Å². The molecule has 230 valence electrons. The molecule has 44 heavy (non-hydrogen) atoms. The van der Waals surface area contributed by atoms with Gasteiger partial charge in [0.25, 0.3) is 14.2 Å². The molecule has 4 nitrogen and oxygen atoms in total. The van der Waals surface area contributed by atoms with Crippen LogP contribution in [0.1, 0.15) is 63.6 Å². The highest BCUT2D eigenvalue weighted by molar-refractivity contribution is 6.99. The van der Waals surface area contributed by atoms with Crippen LogP contribution in [0, 0.1) is 0 Å². The Morgan fingerprint density at radius 3 is 1.95 bits per heavy atom. The van der Waals surface area contributed by atoms with Crippen LogP contribution < -0.4 is 10.4 Å². The molecule has 0 spiro atoms. The van der Waals surface area contributed by atoms with E-state index >= 15 is 0 Å². The topological polar surface area (TPSA) is 49.8 Å². The molecule has 0 aliphatic carbocycles. The van der Waals surface area contributed by atoms with E-state index in [1.807, 2.05) is 65.6 Å². The first-order valence-electron chi connectivity index (χ1n) is 15.3. The van der Waals surface area contributed by atoms with E-state index < -0.39 is 14.4 Å². The molecule has 1 aliphatic heterocycles. The normalized spacial score (nSPS) is 20.0. The van der Waals surface area contributed by atoms with Crippen molar-refractivity contribution in [2.75, 3.05) is 6.61 Å². The number of amides is 1. The number of hydrogen-bond acceptors (Lipinski definition) is 3. The van der Waals surface area contributed by atoms with Gasteiger partial charge in [0.2, 0.25) is 0 Å². The highest BCUT2D eigenvalue weighted by atomic mass is 35.5. The third-order valence-electron chi connectivity index (χ3n) is 8.96. The average Bonchev–Trinajstić information content (AvgIpc) is 3.02. The van der Waals surface area contributed by atoms with Gasteiger partial charge in [-0.1, -0.05) is 136 Å². The zero-order valence-electron chi connectivity index (χ0n) is 25.8. The molecule has 7 heteroatoms. The number of likely N-dealkylation sites (tertiary alicyclic amines) is 1. The van der Waals surface area contributed by atoms with E-state index in [9.17, 15) is 9.90 Å². The lowest BCUT2D eigenvalue weighted by atomic mass is 9.78. The maximum atomic E-state index is 14.1. The number of rotatable bonds is 9. The number of carbonyl (C=O) groups is 1. The Labute approximate surface area is 272 Å².